The predicted molar refractivity (Wildman–Crippen MR) is 45.5 cm³/mol. The molecule has 64 valence electrons. The number of carbonyl (C=O) groups is 1. The van der Waals surface area contributed by atoms with Crippen molar-refractivity contribution >= 4 is 5.91 Å². The zero-order chi connectivity index (χ0) is 8.97. The van der Waals surface area contributed by atoms with Gasteiger partial charge in [0.2, 0.25) is 0 Å². The van der Waals surface area contributed by atoms with Gasteiger partial charge in [0, 0.05) is 19.8 Å². The number of rotatable bonds is 2. The van der Waals surface area contributed by atoms with Crippen LogP contribution in [0.1, 0.15) is 16.1 Å². The SMILES string of the molecule is CNC(=O)c1ccc(CN)cn1. The number of nitrogens with one attached hydrogen (secondary N) is 1. The highest BCUT2D eigenvalue weighted by atomic mass is 16.1. The summed E-state index contributed by atoms with van der Waals surface area (Å²) in [6.07, 6.45) is 1.60. The van der Waals surface area contributed by atoms with Gasteiger partial charge in [0.1, 0.15) is 5.69 Å². The van der Waals surface area contributed by atoms with Crippen molar-refractivity contribution in [3.8, 4) is 0 Å². The number of aromatic nitrogens is 1. The van der Waals surface area contributed by atoms with Gasteiger partial charge in [-0.2, -0.15) is 0 Å². The number of amides is 1. The van der Waals surface area contributed by atoms with Gasteiger partial charge in [0.05, 0.1) is 0 Å². The van der Waals surface area contributed by atoms with Crippen LogP contribution in [0, 0.1) is 0 Å². The normalized spacial score (nSPS) is 9.50. The fourth-order valence-corrected chi connectivity index (χ4v) is 0.808. The van der Waals surface area contributed by atoms with E-state index in [-0.39, 0.29) is 5.91 Å². The molecule has 0 unspecified atom stereocenters. The summed E-state index contributed by atoms with van der Waals surface area (Å²) in [4.78, 5) is 14.9. The molecule has 0 radical (unpaired) electrons. The van der Waals surface area contributed by atoms with Crippen LogP contribution in [0.15, 0.2) is 18.3 Å². The standard InChI is InChI=1S/C8H11N3O/c1-10-8(12)7-3-2-6(4-9)5-11-7/h2-3,5H,4,9H2,1H3,(H,10,12). The maximum absolute atomic E-state index is 11.0. The minimum absolute atomic E-state index is 0.182. The van der Waals surface area contributed by atoms with Crippen molar-refractivity contribution in [2.75, 3.05) is 7.05 Å². The maximum atomic E-state index is 11.0. The maximum Gasteiger partial charge on any atom is 0.269 e. The smallest absolute Gasteiger partial charge is 0.269 e. The van der Waals surface area contributed by atoms with E-state index in [0.717, 1.165) is 5.56 Å². The molecule has 1 heterocycles. The molecule has 0 saturated heterocycles. The van der Waals surface area contributed by atoms with Crippen molar-refractivity contribution in [3.63, 3.8) is 0 Å². The highest BCUT2D eigenvalue weighted by molar-refractivity contribution is 5.91. The molecule has 0 aromatic carbocycles. The van der Waals surface area contributed by atoms with Crippen LogP contribution in [0.2, 0.25) is 0 Å². The Hall–Kier alpha value is -1.42. The summed E-state index contributed by atoms with van der Waals surface area (Å²) in [5, 5.41) is 2.49. The van der Waals surface area contributed by atoms with Crippen molar-refractivity contribution in [2.24, 2.45) is 5.73 Å². The summed E-state index contributed by atoms with van der Waals surface area (Å²) in [6, 6.07) is 3.44. The number of nitrogens with two attached hydrogens (primary N) is 1. The molecule has 3 N–H and O–H groups in total. The Bertz CT molecular complexity index is 268. The molecule has 0 aliphatic rings. The molecule has 0 aliphatic carbocycles. The Balaban J connectivity index is 2.84. The number of carbonyl (C=O) groups excluding carboxylic acids is 1. The van der Waals surface area contributed by atoms with Gasteiger partial charge >= 0.3 is 0 Å². The first-order valence-corrected chi connectivity index (χ1v) is 3.65. The van der Waals surface area contributed by atoms with Crippen molar-refractivity contribution in [3.05, 3.63) is 29.6 Å². The summed E-state index contributed by atoms with van der Waals surface area (Å²) in [5.41, 5.74) is 6.70. The van der Waals surface area contributed by atoms with Crippen LogP contribution in [0.25, 0.3) is 0 Å². The van der Waals surface area contributed by atoms with Gasteiger partial charge in [-0.15, -0.1) is 0 Å². The third-order valence-electron chi connectivity index (χ3n) is 1.52. The zero-order valence-electron chi connectivity index (χ0n) is 6.87. The van der Waals surface area contributed by atoms with Gasteiger partial charge < -0.3 is 11.1 Å². The molecule has 4 heteroatoms. The van der Waals surface area contributed by atoms with Crippen molar-refractivity contribution in [1.82, 2.24) is 10.3 Å². The Morgan fingerprint density at radius 2 is 2.42 bits per heavy atom. The fraction of sp³-hybridized carbons (Fsp3) is 0.250. The summed E-state index contributed by atoms with van der Waals surface area (Å²) in [6.45, 7) is 0.445. The average Bonchev–Trinajstić information content (AvgIpc) is 2.17. The van der Waals surface area contributed by atoms with Gasteiger partial charge in [-0.25, -0.2) is 0 Å². The van der Waals surface area contributed by atoms with Crippen LogP contribution in [0.4, 0.5) is 0 Å². The summed E-state index contributed by atoms with van der Waals surface area (Å²) < 4.78 is 0. The second-order valence-electron chi connectivity index (χ2n) is 2.33. The molecule has 0 saturated carbocycles. The van der Waals surface area contributed by atoms with E-state index in [0.29, 0.717) is 12.2 Å². The van der Waals surface area contributed by atoms with E-state index in [4.69, 9.17) is 5.73 Å². The Morgan fingerprint density at radius 3 is 2.83 bits per heavy atom. The van der Waals surface area contributed by atoms with Gasteiger partial charge in [-0.05, 0) is 11.6 Å². The molecule has 1 aromatic rings. The van der Waals surface area contributed by atoms with Gasteiger partial charge in [0.15, 0.2) is 0 Å². The number of pyridine rings is 1. The lowest BCUT2D eigenvalue weighted by Gasteiger charge is -1.99. The molecular weight excluding hydrogens is 154 g/mol. The molecule has 0 atom stereocenters. The predicted octanol–water partition coefficient (Wildman–Crippen LogP) is -0.100. The number of hydrogen-bond acceptors (Lipinski definition) is 3. The summed E-state index contributed by atoms with van der Waals surface area (Å²) in [5.74, 6) is -0.182. The lowest BCUT2D eigenvalue weighted by molar-refractivity contribution is 0.0958. The third-order valence-corrected chi connectivity index (χ3v) is 1.52. The van der Waals surface area contributed by atoms with E-state index >= 15 is 0 Å². The average molecular weight is 165 g/mol. The second kappa shape index (κ2) is 3.82. The Morgan fingerprint density at radius 1 is 1.67 bits per heavy atom. The molecule has 0 spiro atoms. The minimum Gasteiger partial charge on any atom is -0.354 e. The lowest BCUT2D eigenvalue weighted by atomic mass is 10.2. The summed E-state index contributed by atoms with van der Waals surface area (Å²) >= 11 is 0. The van der Waals surface area contributed by atoms with E-state index in [2.05, 4.69) is 10.3 Å². The first-order chi connectivity index (χ1) is 5.77. The second-order valence-corrected chi connectivity index (χ2v) is 2.33. The molecule has 0 fully saturated rings. The van der Waals surface area contributed by atoms with Crippen LogP contribution < -0.4 is 11.1 Å². The molecule has 1 rings (SSSR count). The fourth-order valence-electron chi connectivity index (χ4n) is 0.808. The molecule has 12 heavy (non-hydrogen) atoms. The van der Waals surface area contributed by atoms with Crippen LogP contribution in [-0.4, -0.2) is 17.9 Å². The topological polar surface area (TPSA) is 68.0 Å². The molecule has 1 amide bonds. The van der Waals surface area contributed by atoms with Crippen molar-refractivity contribution in [2.45, 2.75) is 6.54 Å². The van der Waals surface area contributed by atoms with E-state index in [1.54, 1.807) is 25.4 Å². The third kappa shape index (κ3) is 1.79. The molecule has 4 nitrogen and oxygen atoms in total. The molecule has 1 aromatic heterocycles. The van der Waals surface area contributed by atoms with Gasteiger partial charge in [-0.3, -0.25) is 9.78 Å². The minimum atomic E-state index is -0.182. The van der Waals surface area contributed by atoms with Crippen LogP contribution in [0.5, 0.6) is 0 Å². The molecular formula is C8H11N3O. The summed E-state index contributed by atoms with van der Waals surface area (Å²) in [7, 11) is 1.57. The quantitative estimate of drug-likeness (QED) is 0.643. The van der Waals surface area contributed by atoms with E-state index in [1.165, 1.54) is 0 Å². The molecule has 0 bridgehead atoms. The Kier molecular flexibility index (Phi) is 2.76. The van der Waals surface area contributed by atoms with Crippen LogP contribution in [-0.2, 0) is 6.54 Å². The highest BCUT2D eigenvalue weighted by Gasteiger charge is 2.02. The first kappa shape index (κ1) is 8.67. The lowest BCUT2D eigenvalue weighted by Crippen LogP contribution is -2.19. The zero-order valence-corrected chi connectivity index (χ0v) is 6.87. The molecule has 0 aliphatic heterocycles. The first-order valence-electron chi connectivity index (χ1n) is 3.65. The van der Waals surface area contributed by atoms with Crippen molar-refractivity contribution < 1.29 is 4.79 Å². The van der Waals surface area contributed by atoms with E-state index in [1.807, 2.05) is 0 Å². The van der Waals surface area contributed by atoms with Crippen LogP contribution in [0.3, 0.4) is 0 Å². The Labute approximate surface area is 70.8 Å². The van der Waals surface area contributed by atoms with E-state index in [9.17, 15) is 4.79 Å². The van der Waals surface area contributed by atoms with Crippen molar-refractivity contribution in [1.29, 1.82) is 0 Å². The number of hydrogen-bond donors (Lipinski definition) is 2. The van der Waals surface area contributed by atoms with Gasteiger partial charge in [-0.1, -0.05) is 6.07 Å². The monoisotopic (exact) mass is 165 g/mol. The van der Waals surface area contributed by atoms with E-state index < -0.39 is 0 Å². The number of nitrogens with zero attached hydrogens (tertiary/aromatic N) is 1. The van der Waals surface area contributed by atoms with Gasteiger partial charge in [0.25, 0.3) is 5.91 Å². The highest BCUT2D eigenvalue weighted by Crippen LogP contribution is 1.98. The largest absolute Gasteiger partial charge is 0.354 e. The van der Waals surface area contributed by atoms with Crippen LogP contribution >= 0.6 is 0 Å².